The fourth-order valence-electron chi connectivity index (χ4n) is 3.63. The topological polar surface area (TPSA) is 54.9 Å². The molecule has 0 aromatic heterocycles. The highest BCUT2D eigenvalue weighted by molar-refractivity contribution is 5.92. The molecule has 4 heteroatoms. The summed E-state index contributed by atoms with van der Waals surface area (Å²) in [6.07, 6.45) is 4.45. The Labute approximate surface area is 140 Å². The number of para-hydroxylation sites is 2. The van der Waals surface area contributed by atoms with Crippen molar-refractivity contribution in [3.63, 3.8) is 0 Å². The molecule has 1 fully saturated rings. The van der Waals surface area contributed by atoms with Crippen LogP contribution in [0.5, 0.6) is 5.75 Å². The van der Waals surface area contributed by atoms with Crippen molar-refractivity contribution in [2.75, 3.05) is 12.4 Å². The minimum absolute atomic E-state index is 0.0507. The molecule has 0 spiro atoms. The Morgan fingerprint density at radius 3 is 2.83 bits per heavy atom. The van der Waals surface area contributed by atoms with Gasteiger partial charge in [0.1, 0.15) is 5.75 Å². The quantitative estimate of drug-likeness (QED) is 0.847. The molecule has 0 saturated heterocycles. The van der Waals surface area contributed by atoms with Crippen LogP contribution in [0.4, 0.5) is 5.69 Å². The summed E-state index contributed by atoms with van der Waals surface area (Å²) in [7, 11) is 1.62. The fourth-order valence-corrected chi connectivity index (χ4v) is 3.63. The maximum Gasteiger partial charge on any atom is 0.230 e. The zero-order chi connectivity index (χ0) is 16.8. The number of rotatable bonds is 6. The number of ether oxygens (including phenoxy) is 1. The normalized spacial score (nSPS) is 25.7. The lowest BCUT2D eigenvalue weighted by Gasteiger charge is -2.33. The van der Waals surface area contributed by atoms with Crippen LogP contribution in [-0.4, -0.2) is 25.1 Å². The summed E-state index contributed by atoms with van der Waals surface area (Å²) in [5.41, 5.74) is 0.742. The maximum atomic E-state index is 12.3. The van der Waals surface area contributed by atoms with E-state index in [0.717, 1.165) is 17.5 Å². The van der Waals surface area contributed by atoms with E-state index in [1.54, 1.807) is 7.11 Å². The first-order chi connectivity index (χ1) is 11.0. The molecule has 1 aliphatic carbocycles. The van der Waals surface area contributed by atoms with E-state index in [-0.39, 0.29) is 5.91 Å². The van der Waals surface area contributed by atoms with Crippen LogP contribution in [0.3, 0.4) is 0 Å². The van der Waals surface area contributed by atoms with Gasteiger partial charge in [-0.1, -0.05) is 26.0 Å². The monoisotopic (exact) mass is 319 g/mol. The molecular formula is C19H31N2O2+. The van der Waals surface area contributed by atoms with Gasteiger partial charge in [0, 0.05) is 5.92 Å². The van der Waals surface area contributed by atoms with Gasteiger partial charge in [0.25, 0.3) is 0 Å². The summed E-state index contributed by atoms with van der Waals surface area (Å²) < 4.78 is 5.28. The number of quaternary nitrogens is 1. The number of amides is 1. The fraction of sp³-hybridized carbons (Fsp3) is 0.632. The molecule has 1 aromatic carbocycles. The van der Waals surface area contributed by atoms with Crippen molar-refractivity contribution in [3.8, 4) is 5.75 Å². The molecule has 1 saturated carbocycles. The third kappa shape index (κ3) is 4.96. The number of nitrogens with two attached hydrogens (primary N) is 1. The third-order valence-corrected chi connectivity index (χ3v) is 5.23. The van der Waals surface area contributed by atoms with Gasteiger partial charge in [-0.25, -0.2) is 0 Å². The summed E-state index contributed by atoms with van der Waals surface area (Å²) in [5, 5.41) is 5.37. The van der Waals surface area contributed by atoms with Gasteiger partial charge in [0.2, 0.25) is 5.91 Å². The number of hydrogen-bond acceptors (Lipinski definition) is 2. The number of hydrogen-bond donors (Lipinski definition) is 2. The van der Waals surface area contributed by atoms with Crippen molar-refractivity contribution >= 4 is 11.6 Å². The van der Waals surface area contributed by atoms with Gasteiger partial charge in [0.15, 0.2) is 0 Å². The van der Waals surface area contributed by atoms with Crippen molar-refractivity contribution in [1.29, 1.82) is 0 Å². The molecule has 2 rings (SSSR count). The molecule has 1 aromatic rings. The predicted molar refractivity (Wildman–Crippen MR) is 93.6 cm³/mol. The molecule has 3 N–H and O–H groups in total. The number of benzene rings is 1. The van der Waals surface area contributed by atoms with Gasteiger partial charge in [-0.15, -0.1) is 0 Å². The number of carbonyl (C=O) groups is 1. The highest BCUT2D eigenvalue weighted by atomic mass is 16.5. The minimum Gasteiger partial charge on any atom is -0.495 e. The van der Waals surface area contributed by atoms with Gasteiger partial charge in [-0.2, -0.15) is 0 Å². The molecule has 23 heavy (non-hydrogen) atoms. The first kappa shape index (κ1) is 17.8. The lowest BCUT2D eigenvalue weighted by atomic mass is 9.78. The van der Waals surface area contributed by atoms with E-state index < -0.39 is 0 Å². The van der Waals surface area contributed by atoms with Crippen molar-refractivity contribution in [2.45, 2.75) is 58.5 Å². The molecule has 0 heterocycles. The first-order valence-electron chi connectivity index (χ1n) is 8.79. The Balaban J connectivity index is 1.85. The summed E-state index contributed by atoms with van der Waals surface area (Å²) in [4.78, 5) is 12.3. The van der Waals surface area contributed by atoms with Crippen molar-refractivity contribution in [2.24, 2.45) is 11.8 Å². The van der Waals surface area contributed by atoms with Crippen LogP contribution >= 0.6 is 0 Å². The lowest BCUT2D eigenvalue weighted by Crippen LogP contribution is -2.96. The van der Waals surface area contributed by atoms with E-state index in [1.165, 1.54) is 19.3 Å². The summed E-state index contributed by atoms with van der Waals surface area (Å²) in [6.45, 7) is 6.85. The van der Waals surface area contributed by atoms with Crippen molar-refractivity contribution in [1.82, 2.24) is 0 Å². The van der Waals surface area contributed by atoms with E-state index in [1.807, 2.05) is 24.3 Å². The van der Waals surface area contributed by atoms with Crippen LogP contribution in [0.15, 0.2) is 24.3 Å². The first-order valence-corrected chi connectivity index (χ1v) is 8.79. The minimum atomic E-state index is 0.0507. The van der Waals surface area contributed by atoms with Crippen LogP contribution in [0.25, 0.3) is 0 Å². The van der Waals surface area contributed by atoms with Gasteiger partial charge in [0.05, 0.1) is 31.3 Å². The van der Waals surface area contributed by atoms with Crippen molar-refractivity contribution < 1.29 is 14.8 Å². The molecule has 4 nitrogen and oxygen atoms in total. The van der Waals surface area contributed by atoms with Crippen LogP contribution in [0, 0.1) is 11.8 Å². The molecule has 0 aliphatic heterocycles. The van der Waals surface area contributed by atoms with E-state index in [9.17, 15) is 4.79 Å². The van der Waals surface area contributed by atoms with Crippen LogP contribution in [0.1, 0.15) is 46.5 Å². The lowest BCUT2D eigenvalue weighted by molar-refractivity contribution is -0.726. The molecule has 0 unspecified atom stereocenters. The second-order valence-electron chi connectivity index (χ2n) is 7.05. The number of carbonyl (C=O) groups excluding carboxylic acids is 1. The van der Waals surface area contributed by atoms with Gasteiger partial charge in [-0.3, -0.25) is 4.79 Å². The van der Waals surface area contributed by atoms with E-state index in [0.29, 0.717) is 24.3 Å². The van der Waals surface area contributed by atoms with Gasteiger partial charge >= 0.3 is 0 Å². The van der Waals surface area contributed by atoms with Crippen molar-refractivity contribution in [3.05, 3.63) is 24.3 Å². The van der Waals surface area contributed by atoms with Crippen LogP contribution < -0.4 is 15.4 Å². The zero-order valence-corrected chi connectivity index (χ0v) is 14.8. The summed E-state index contributed by atoms with van der Waals surface area (Å²) in [5.74, 6) is 2.27. The maximum absolute atomic E-state index is 12.3. The van der Waals surface area contributed by atoms with Gasteiger partial charge in [-0.05, 0) is 44.2 Å². The smallest absolute Gasteiger partial charge is 0.230 e. The van der Waals surface area contributed by atoms with E-state index in [2.05, 4.69) is 31.4 Å². The summed E-state index contributed by atoms with van der Waals surface area (Å²) >= 11 is 0. The molecule has 1 amide bonds. The number of nitrogens with one attached hydrogen (secondary N) is 1. The number of anilines is 1. The highest BCUT2D eigenvalue weighted by Gasteiger charge is 2.31. The van der Waals surface area contributed by atoms with Gasteiger partial charge < -0.3 is 15.4 Å². The molecule has 0 bridgehead atoms. The second-order valence-corrected chi connectivity index (χ2v) is 7.05. The summed E-state index contributed by atoms with van der Waals surface area (Å²) in [6, 6.07) is 8.47. The van der Waals surface area contributed by atoms with Crippen LogP contribution in [0.2, 0.25) is 0 Å². The molecule has 0 radical (unpaired) electrons. The largest absolute Gasteiger partial charge is 0.495 e. The Hall–Kier alpha value is -1.55. The molecule has 1 aliphatic rings. The predicted octanol–water partition coefficient (Wildman–Crippen LogP) is 2.80. The van der Waals surface area contributed by atoms with Crippen LogP contribution in [-0.2, 0) is 4.79 Å². The average molecular weight is 319 g/mol. The molecule has 4 atom stereocenters. The Bertz CT molecular complexity index is 518. The Kier molecular flexibility index (Phi) is 6.46. The second kappa shape index (κ2) is 8.34. The SMILES string of the molecule is COc1ccccc1NC(=O)C[C@H](C)[NH2+][C@@H]1CCC[C@@H](C)[C@H]1C. The molecular weight excluding hydrogens is 288 g/mol. The third-order valence-electron chi connectivity index (χ3n) is 5.23. The highest BCUT2D eigenvalue weighted by Crippen LogP contribution is 2.27. The standard InChI is InChI=1S/C19H30N2O2/c1-13-8-7-10-16(15(13)3)20-14(2)12-19(22)21-17-9-5-6-11-18(17)23-4/h5-6,9,11,13-16,20H,7-8,10,12H2,1-4H3,(H,21,22)/p+1/t13-,14+,15-,16-/m1/s1. The average Bonchev–Trinajstić information content (AvgIpc) is 2.52. The Morgan fingerprint density at radius 2 is 2.09 bits per heavy atom. The molecule has 128 valence electrons. The van der Waals surface area contributed by atoms with E-state index >= 15 is 0 Å². The Morgan fingerprint density at radius 1 is 1.35 bits per heavy atom. The number of methoxy groups -OCH3 is 1. The zero-order valence-electron chi connectivity index (χ0n) is 14.8. The van der Waals surface area contributed by atoms with E-state index in [4.69, 9.17) is 4.74 Å².